The van der Waals surface area contributed by atoms with Crippen LogP contribution < -0.4 is 5.73 Å². The standard InChI is InChI=1S/C15H24N2O.ClH/c16-13-1-2-17(9-13)14(18)15-6-10-3-11(7-15)5-12(4-10)8-15;/h10-13H,1-9,16H2;1H. The van der Waals surface area contributed by atoms with E-state index in [9.17, 15) is 4.79 Å². The van der Waals surface area contributed by atoms with Gasteiger partial charge in [0.25, 0.3) is 0 Å². The minimum Gasteiger partial charge on any atom is -0.341 e. The Hall–Kier alpha value is -0.280. The molecule has 3 nitrogen and oxygen atoms in total. The maximum absolute atomic E-state index is 12.9. The van der Waals surface area contributed by atoms with Crippen molar-refractivity contribution in [2.75, 3.05) is 13.1 Å². The van der Waals surface area contributed by atoms with E-state index < -0.39 is 0 Å². The van der Waals surface area contributed by atoms with Gasteiger partial charge in [0, 0.05) is 19.1 Å². The van der Waals surface area contributed by atoms with E-state index in [0.717, 1.165) is 37.3 Å². The van der Waals surface area contributed by atoms with E-state index in [1.165, 1.54) is 38.5 Å². The van der Waals surface area contributed by atoms with Gasteiger partial charge < -0.3 is 10.6 Å². The molecule has 0 aromatic carbocycles. The Morgan fingerprint density at radius 3 is 2.00 bits per heavy atom. The predicted molar refractivity (Wildman–Crippen MR) is 77.0 cm³/mol. The van der Waals surface area contributed by atoms with Crippen LogP contribution in [0.2, 0.25) is 0 Å². The quantitative estimate of drug-likeness (QED) is 0.802. The van der Waals surface area contributed by atoms with Gasteiger partial charge in [0.1, 0.15) is 0 Å². The first kappa shape index (κ1) is 13.7. The largest absolute Gasteiger partial charge is 0.341 e. The molecule has 5 fully saturated rings. The highest BCUT2D eigenvalue weighted by Gasteiger charge is 2.55. The highest BCUT2D eigenvalue weighted by Crippen LogP contribution is 2.60. The topological polar surface area (TPSA) is 46.3 Å². The van der Waals surface area contributed by atoms with Crippen molar-refractivity contribution in [3.05, 3.63) is 0 Å². The third-order valence-electron chi connectivity index (χ3n) is 6.00. The normalized spacial score (nSPS) is 47.3. The molecule has 5 aliphatic rings. The van der Waals surface area contributed by atoms with Gasteiger partial charge >= 0.3 is 0 Å². The number of likely N-dealkylation sites (tertiary alicyclic amines) is 1. The molecule has 108 valence electrons. The van der Waals surface area contributed by atoms with Gasteiger partial charge in [-0.05, 0) is 62.7 Å². The number of nitrogens with zero attached hydrogens (tertiary/aromatic N) is 1. The van der Waals surface area contributed by atoms with E-state index in [0.29, 0.717) is 5.91 Å². The Bertz CT molecular complexity index is 349. The predicted octanol–water partition coefficient (Wildman–Crippen LogP) is 2.18. The summed E-state index contributed by atoms with van der Waals surface area (Å²) in [7, 11) is 0. The van der Waals surface area contributed by atoms with Gasteiger partial charge in [-0.3, -0.25) is 4.79 Å². The van der Waals surface area contributed by atoms with E-state index in [4.69, 9.17) is 5.73 Å². The fourth-order valence-electron chi connectivity index (χ4n) is 5.68. The summed E-state index contributed by atoms with van der Waals surface area (Å²) in [6.45, 7) is 1.71. The molecule has 0 aromatic heterocycles. The van der Waals surface area contributed by atoms with Crippen molar-refractivity contribution in [3.63, 3.8) is 0 Å². The van der Waals surface area contributed by atoms with Crippen LogP contribution in [0.1, 0.15) is 44.9 Å². The summed E-state index contributed by atoms with van der Waals surface area (Å²) in [6, 6.07) is 0.225. The van der Waals surface area contributed by atoms with Crippen LogP contribution in [0, 0.1) is 23.2 Å². The second kappa shape index (κ2) is 4.63. The van der Waals surface area contributed by atoms with Crippen molar-refractivity contribution in [2.45, 2.75) is 51.0 Å². The number of hydrogen-bond donors (Lipinski definition) is 1. The Morgan fingerprint density at radius 1 is 1.05 bits per heavy atom. The molecule has 0 spiro atoms. The fraction of sp³-hybridized carbons (Fsp3) is 0.933. The Labute approximate surface area is 121 Å². The molecule has 19 heavy (non-hydrogen) atoms. The molecule has 5 rings (SSSR count). The minimum absolute atomic E-state index is 0. The summed E-state index contributed by atoms with van der Waals surface area (Å²) >= 11 is 0. The number of nitrogens with two attached hydrogens (primary N) is 1. The molecule has 4 aliphatic carbocycles. The summed E-state index contributed by atoms with van der Waals surface area (Å²) in [6.07, 6.45) is 8.78. The number of carbonyl (C=O) groups excluding carboxylic acids is 1. The monoisotopic (exact) mass is 284 g/mol. The second-order valence-electron chi connectivity index (χ2n) is 7.50. The maximum atomic E-state index is 12.9. The van der Waals surface area contributed by atoms with E-state index in [1.807, 2.05) is 0 Å². The van der Waals surface area contributed by atoms with Crippen LogP contribution in [0.3, 0.4) is 0 Å². The molecule has 0 aromatic rings. The smallest absolute Gasteiger partial charge is 0.228 e. The van der Waals surface area contributed by atoms with Crippen LogP contribution in [-0.4, -0.2) is 29.9 Å². The Morgan fingerprint density at radius 2 is 1.58 bits per heavy atom. The fourth-order valence-corrected chi connectivity index (χ4v) is 5.68. The highest BCUT2D eigenvalue weighted by atomic mass is 35.5. The molecule has 1 atom stereocenters. The zero-order valence-corrected chi connectivity index (χ0v) is 12.3. The minimum atomic E-state index is 0. The lowest BCUT2D eigenvalue weighted by molar-refractivity contribution is -0.156. The lowest BCUT2D eigenvalue weighted by Crippen LogP contribution is -2.54. The first-order chi connectivity index (χ1) is 8.64. The lowest BCUT2D eigenvalue weighted by atomic mass is 9.49. The van der Waals surface area contributed by atoms with Crippen LogP contribution >= 0.6 is 12.4 Å². The van der Waals surface area contributed by atoms with Crippen LogP contribution in [0.15, 0.2) is 0 Å². The van der Waals surface area contributed by atoms with Gasteiger partial charge in [-0.1, -0.05) is 0 Å². The Kier molecular flexibility index (Phi) is 3.33. The second-order valence-corrected chi connectivity index (χ2v) is 7.50. The van der Waals surface area contributed by atoms with Crippen molar-refractivity contribution in [3.8, 4) is 0 Å². The molecule has 4 bridgehead atoms. The number of carbonyl (C=O) groups is 1. The number of halogens is 1. The molecule has 1 aliphatic heterocycles. The first-order valence-electron chi connectivity index (χ1n) is 7.69. The van der Waals surface area contributed by atoms with Crippen molar-refractivity contribution in [2.24, 2.45) is 28.9 Å². The molecular formula is C15H25ClN2O. The molecule has 1 unspecified atom stereocenters. The molecule has 1 saturated heterocycles. The van der Waals surface area contributed by atoms with E-state index >= 15 is 0 Å². The van der Waals surface area contributed by atoms with Gasteiger partial charge in [0.05, 0.1) is 5.41 Å². The number of amides is 1. The van der Waals surface area contributed by atoms with Crippen molar-refractivity contribution in [1.82, 2.24) is 4.90 Å². The molecule has 4 heteroatoms. The average molecular weight is 285 g/mol. The van der Waals surface area contributed by atoms with Gasteiger partial charge in [0.2, 0.25) is 5.91 Å². The highest BCUT2D eigenvalue weighted by molar-refractivity contribution is 5.85. The maximum Gasteiger partial charge on any atom is 0.228 e. The first-order valence-corrected chi connectivity index (χ1v) is 7.69. The third-order valence-corrected chi connectivity index (χ3v) is 6.00. The molecule has 1 amide bonds. The van der Waals surface area contributed by atoms with Crippen LogP contribution in [0.5, 0.6) is 0 Å². The van der Waals surface area contributed by atoms with Gasteiger partial charge in [0.15, 0.2) is 0 Å². The summed E-state index contributed by atoms with van der Waals surface area (Å²) in [4.78, 5) is 15.0. The summed E-state index contributed by atoms with van der Waals surface area (Å²) < 4.78 is 0. The summed E-state index contributed by atoms with van der Waals surface area (Å²) in [5.41, 5.74) is 6.00. The number of hydrogen-bond acceptors (Lipinski definition) is 2. The van der Waals surface area contributed by atoms with Crippen molar-refractivity contribution < 1.29 is 4.79 Å². The van der Waals surface area contributed by atoms with E-state index in [2.05, 4.69) is 4.90 Å². The van der Waals surface area contributed by atoms with Crippen molar-refractivity contribution >= 4 is 18.3 Å². The average Bonchev–Trinajstić information content (AvgIpc) is 2.73. The SMILES string of the molecule is Cl.NC1CCN(C(=O)C23CC4CC(CC(C4)C2)C3)C1. The lowest BCUT2D eigenvalue weighted by Gasteiger charge is -2.56. The summed E-state index contributed by atoms with van der Waals surface area (Å²) in [5.74, 6) is 3.04. The van der Waals surface area contributed by atoms with E-state index in [1.54, 1.807) is 0 Å². The zero-order valence-electron chi connectivity index (χ0n) is 11.5. The molecule has 2 N–H and O–H groups in total. The van der Waals surface area contributed by atoms with Crippen LogP contribution in [0.4, 0.5) is 0 Å². The van der Waals surface area contributed by atoms with Crippen LogP contribution in [-0.2, 0) is 4.79 Å². The van der Waals surface area contributed by atoms with E-state index in [-0.39, 0.29) is 23.9 Å². The van der Waals surface area contributed by atoms with Gasteiger partial charge in [-0.15, -0.1) is 12.4 Å². The molecule has 0 radical (unpaired) electrons. The summed E-state index contributed by atoms with van der Waals surface area (Å²) in [5, 5.41) is 0. The van der Waals surface area contributed by atoms with Gasteiger partial charge in [-0.25, -0.2) is 0 Å². The zero-order chi connectivity index (χ0) is 12.3. The van der Waals surface area contributed by atoms with Crippen molar-refractivity contribution in [1.29, 1.82) is 0 Å². The Balaban J connectivity index is 0.00000110. The molecule has 1 heterocycles. The number of rotatable bonds is 1. The van der Waals surface area contributed by atoms with Gasteiger partial charge in [-0.2, -0.15) is 0 Å². The van der Waals surface area contributed by atoms with Crippen LogP contribution in [0.25, 0.3) is 0 Å². The molecular weight excluding hydrogens is 260 g/mol. The third kappa shape index (κ3) is 2.09. The molecule has 4 saturated carbocycles.